The van der Waals surface area contributed by atoms with Gasteiger partial charge in [-0.1, -0.05) is 12.1 Å². The number of para-hydroxylation sites is 2. The van der Waals surface area contributed by atoms with E-state index in [-0.39, 0.29) is 23.7 Å². The van der Waals surface area contributed by atoms with Gasteiger partial charge in [0, 0.05) is 17.8 Å². The van der Waals surface area contributed by atoms with Crippen molar-refractivity contribution in [2.75, 3.05) is 23.8 Å². The van der Waals surface area contributed by atoms with Crippen molar-refractivity contribution in [2.24, 2.45) is 0 Å². The minimum atomic E-state index is -0.521. The van der Waals surface area contributed by atoms with Crippen LogP contribution in [0.2, 0.25) is 0 Å². The van der Waals surface area contributed by atoms with E-state index >= 15 is 0 Å². The van der Waals surface area contributed by atoms with E-state index in [0.717, 1.165) is 0 Å². The zero-order chi connectivity index (χ0) is 21.9. The third kappa shape index (κ3) is 4.14. The van der Waals surface area contributed by atoms with Gasteiger partial charge in [-0.05, 0) is 36.4 Å². The number of hydrogen-bond donors (Lipinski definition) is 3. The van der Waals surface area contributed by atoms with Crippen molar-refractivity contribution in [1.82, 2.24) is 24.5 Å². The van der Waals surface area contributed by atoms with Gasteiger partial charge in [0.1, 0.15) is 12.4 Å². The topological polar surface area (TPSA) is 136 Å². The lowest BCUT2D eigenvalue weighted by atomic mass is 10.3. The van der Waals surface area contributed by atoms with Crippen molar-refractivity contribution in [3.8, 4) is 5.95 Å². The van der Waals surface area contributed by atoms with Crippen molar-refractivity contribution in [2.45, 2.75) is 12.5 Å². The maximum atomic E-state index is 12.4. The van der Waals surface area contributed by atoms with Gasteiger partial charge in [-0.3, -0.25) is 5.32 Å². The number of hydrogen-bond acceptors (Lipinski definition) is 8. The fourth-order valence-electron chi connectivity index (χ4n) is 3.38. The SMILES string of the molecule is O=C(Nc1ccc(Nc2ncnc(-n3c(=O)[nH]c4ccccc43)n2)cc1)O[C@@H]1CCOC1. The fourth-order valence-corrected chi connectivity index (χ4v) is 3.38. The highest BCUT2D eigenvalue weighted by Gasteiger charge is 2.19. The normalized spacial score (nSPS) is 15.6. The Bertz CT molecular complexity index is 1310. The third-order valence-electron chi connectivity index (χ3n) is 4.90. The maximum absolute atomic E-state index is 12.4. The largest absolute Gasteiger partial charge is 0.443 e. The molecule has 4 aromatic rings. The fraction of sp³-hybridized carbons (Fsp3) is 0.190. The average Bonchev–Trinajstić information content (AvgIpc) is 3.42. The lowest BCUT2D eigenvalue weighted by Gasteiger charge is -2.11. The smallest absolute Gasteiger partial charge is 0.411 e. The Morgan fingerprint density at radius 1 is 1.12 bits per heavy atom. The van der Waals surface area contributed by atoms with E-state index in [1.54, 1.807) is 36.4 Å². The van der Waals surface area contributed by atoms with Gasteiger partial charge in [0.2, 0.25) is 11.9 Å². The van der Waals surface area contributed by atoms with Gasteiger partial charge in [0.15, 0.2) is 0 Å². The van der Waals surface area contributed by atoms with Crippen LogP contribution in [0.1, 0.15) is 6.42 Å². The minimum Gasteiger partial charge on any atom is -0.443 e. The summed E-state index contributed by atoms with van der Waals surface area (Å²) in [6.45, 7) is 1.03. The number of ether oxygens (including phenoxy) is 2. The molecule has 0 bridgehead atoms. The Morgan fingerprint density at radius 3 is 2.75 bits per heavy atom. The van der Waals surface area contributed by atoms with E-state index in [4.69, 9.17) is 9.47 Å². The monoisotopic (exact) mass is 433 g/mol. The molecule has 2 aromatic heterocycles. The van der Waals surface area contributed by atoms with E-state index in [0.29, 0.717) is 42.0 Å². The zero-order valence-corrected chi connectivity index (χ0v) is 16.8. The summed E-state index contributed by atoms with van der Waals surface area (Å²) in [4.78, 5) is 39.7. The van der Waals surface area contributed by atoms with Crippen LogP contribution in [0.5, 0.6) is 0 Å². The number of fused-ring (bicyclic) bond motifs is 1. The van der Waals surface area contributed by atoms with Crippen LogP contribution in [0.25, 0.3) is 17.0 Å². The molecule has 1 aliphatic rings. The Kier molecular flexibility index (Phi) is 5.22. The number of rotatable bonds is 5. The summed E-state index contributed by atoms with van der Waals surface area (Å²) in [7, 11) is 0. The number of aromatic amines is 1. The quantitative estimate of drug-likeness (QED) is 0.437. The van der Waals surface area contributed by atoms with Gasteiger partial charge in [0.25, 0.3) is 0 Å². The van der Waals surface area contributed by atoms with Gasteiger partial charge < -0.3 is 19.8 Å². The third-order valence-corrected chi connectivity index (χ3v) is 4.90. The van der Waals surface area contributed by atoms with Crippen LogP contribution in [0.4, 0.5) is 22.1 Å². The predicted molar refractivity (Wildman–Crippen MR) is 116 cm³/mol. The number of nitrogens with zero attached hydrogens (tertiary/aromatic N) is 4. The van der Waals surface area contributed by atoms with Crippen LogP contribution < -0.4 is 16.3 Å². The van der Waals surface area contributed by atoms with Crippen molar-refractivity contribution < 1.29 is 14.3 Å². The molecule has 162 valence electrons. The molecule has 0 saturated carbocycles. The molecule has 1 amide bonds. The first-order valence-corrected chi connectivity index (χ1v) is 9.97. The minimum absolute atomic E-state index is 0.196. The highest BCUT2D eigenvalue weighted by atomic mass is 16.6. The standard InChI is InChI=1S/C21H19N7O4/c29-20-26-16-3-1-2-4-17(16)28(20)19-23-12-22-18(27-19)24-13-5-7-14(8-6-13)25-21(30)32-15-9-10-31-11-15/h1-8,12,15H,9-11H2,(H,25,30)(H,26,29)(H,22,23,24,27)/t15-/m1/s1. The molecule has 0 radical (unpaired) electrons. The Balaban J connectivity index is 1.29. The number of amides is 1. The molecule has 1 saturated heterocycles. The summed E-state index contributed by atoms with van der Waals surface area (Å²) in [5, 5.41) is 5.75. The molecular formula is C21H19N7O4. The summed E-state index contributed by atoms with van der Waals surface area (Å²) >= 11 is 0. The van der Waals surface area contributed by atoms with Crippen LogP contribution >= 0.6 is 0 Å². The lowest BCUT2D eigenvalue weighted by Crippen LogP contribution is -2.22. The molecule has 5 rings (SSSR count). The van der Waals surface area contributed by atoms with Crippen molar-refractivity contribution in [3.05, 3.63) is 65.3 Å². The number of carbonyl (C=O) groups excluding carboxylic acids is 1. The second-order valence-corrected chi connectivity index (χ2v) is 7.11. The van der Waals surface area contributed by atoms with Crippen molar-refractivity contribution in [3.63, 3.8) is 0 Å². The molecule has 0 unspecified atom stereocenters. The van der Waals surface area contributed by atoms with E-state index in [9.17, 15) is 9.59 Å². The first-order chi connectivity index (χ1) is 15.7. The summed E-state index contributed by atoms with van der Waals surface area (Å²) in [5.74, 6) is 0.468. The van der Waals surface area contributed by atoms with Gasteiger partial charge in [-0.2, -0.15) is 4.98 Å². The van der Waals surface area contributed by atoms with Crippen LogP contribution in [0.3, 0.4) is 0 Å². The van der Waals surface area contributed by atoms with Gasteiger partial charge in [-0.25, -0.2) is 24.1 Å². The first kappa shape index (κ1) is 19.7. The van der Waals surface area contributed by atoms with Gasteiger partial charge >= 0.3 is 11.8 Å². The van der Waals surface area contributed by atoms with Gasteiger partial charge in [0.05, 0.1) is 24.2 Å². The number of imidazole rings is 1. The molecule has 0 aliphatic carbocycles. The summed E-state index contributed by atoms with van der Waals surface area (Å²) in [5.41, 5.74) is 2.29. The van der Waals surface area contributed by atoms with Crippen LogP contribution in [-0.2, 0) is 9.47 Å². The summed E-state index contributed by atoms with van der Waals surface area (Å²) in [6, 6.07) is 14.2. The number of carbonyl (C=O) groups is 1. The molecule has 11 nitrogen and oxygen atoms in total. The molecule has 11 heteroatoms. The Morgan fingerprint density at radius 2 is 1.94 bits per heavy atom. The molecule has 32 heavy (non-hydrogen) atoms. The van der Waals surface area contributed by atoms with Crippen molar-refractivity contribution in [1.29, 1.82) is 0 Å². The predicted octanol–water partition coefficient (Wildman–Crippen LogP) is 2.58. The average molecular weight is 433 g/mol. The second kappa shape index (κ2) is 8.47. The second-order valence-electron chi connectivity index (χ2n) is 7.11. The van der Waals surface area contributed by atoms with E-state index in [1.807, 2.05) is 12.1 Å². The summed E-state index contributed by atoms with van der Waals surface area (Å²) < 4.78 is 11.9. The Labute approximate surface area is 181 Å². The maximum Gasteiger partial charge on any atom is 0.411 e. The molecular weight excluding hydrogens is 414 g/mol. The molecule has 3 heterocycles. The number of benzene rings is 2. The molecule has 1 atom stereocenters. The highest BCUT2D eigenvalue weighted by molar-refractivity contribution is 5.85. The number of nitrogens with one attached hydrogen (secondary N) is 3. The summed E-state index contributed by atoms with van der Waals surface area (Å²) in [6.07, 6.45) is 1.30. The van der Waals surface area contributed by atoms with Crippen molar-refractivity contribution >= 4 is 34.4 Å². The Hall–Kier alpha value is -4.25. The van der Waals surface area contributed by atoms with Crippen LogP contribution in [-0.4, -0.2) is 49.9 Å². The van der Waals surface area contributed by atoms with E-state index in [1.165, 1.54) is 10.9 Å². The first-order valence-electron chi connectivity index (χ1n) is 9.97. The van der Waals surface area contributed by atoms with Crippen LogP contribution in [0.15, 0.2) is 59.7 Å². The molecule has 2 aromatic carbocycles. The number of aromatic nitrogens is 5. The number of H-pyrrole nitrogens is 1. The zero-order valence-electron chi connectivity index (χ0n) is 16.8. The molecule has 0 spiro atoms. The van der Waals surface area contributed by atoms with E-state index in [2.05, 4.69) is 30.6 Å². The molecule has 3 N–H and O–H groups in total. The van der Waals surface area contributed by atoms with Gasteiger partial charge in [-0.15, -0.1) is 0 Å². The van der Waals surface area contributed by atoms with Crippen LogP contribution in [0, 0.1) is 0 Å². The molecule has 1 fully saturated rings. The highest BCUT2D eigenvalue weighted by Crippen LogP contribution is 2.18. The lowest BCUT2D eigenvalue weighted by molar-refractivity contribution is 0.0932. The number of anilines is 3. The molecule has 1 aliphatic heterocycles. The van der Waals surface area contributed by atoms with E-state index < -0.39 is 6.09 Å².